The van der Waals surface area contributed by atoms with Crippen molar-refractivity contribution in [2.45, 2.75) is 43.3 Å². The van der Waals surface area contributed by atoms with Gasteiger partial charge in [0.2, 0.25) is 11.8 Å². The Bertz CT molecular complexity index is 802. The molecule has 2 amide bonds. The van der Waals surface area contributed by atoms with Crippen LogP contribution in [0.2, 0.25) is 0 Å². The van der Waals surface area contributed by atoms with Gasteiger partial charge in [0.15, 0.2) is 11.5 Å². The highest BCUT2D eigenvalue weighted by atomic mass is 32.2. The Hall–Kier alpha value is -1.58. The Kier molecular flexibility index (Phi) is 6.69. The number of rotatable bonds is 7. The Morgan fingerprint density at radius 3 is 3.03 bits per heavy atom. The monoisotopic (exact) mass is 452 g/mol. The lowest BCUT2D eigenvalue weighted by molar-refractivity contribution is -0.140. The quantitative estimate of drug-likeness (QED) is 0.680. The first-order chi connectivity index (χ1) is 14.5. The summed E-state index contributed by atoms with van der Waals surface area (Å²) in [5.74, 6) is 3.18. The molecule has 3 atom stereocenters. The van der Waals surface area contributed by atoms with Crippen LogP contribution in [0.5, 0.6) is 11.5 Å². The highest BCUT2D eigenvalue weighted by Crippen LogP contribution is 2.44. The maximum Gasteiger partial charge on any atom is 0.243 e. The van der Waals surface area contributed by atoms with Gasteiger partial charge in [-0.3, -0.25) is 9.59 Å². The van der Waals surface area contributed by atoms with E-state index in [1.807, 2.05) is 18.2 Å². The summed E-state index contributed by atoms with van der Waals surface area (Å²) in [6, 6.07) is 5.25. The highest BCUT2D eigenvalue weighted by molar-refractivity contribution is 8.04. The van der Waals surface area contributed by atoms with Gasteiger partial charge in [-0.25, -0.2) is 0 Å². The fourth-order valence-corrected chi connectivity index (χ4v) is 6.78. The molecule has 3 aliphatic heterocycles. The normalized spacial score (nSPS) is 28.3. The average molecular weight is 453 g/mol. The Morgan fingerprint density at radius 2 is 2.27 bits per heavy atom. The molecule has 30 heavy (non-hydrogen) atoms. The predicted octanol–water partition coefficient (Wildman–Crippen LogP) is 2.28. The maximum atomic E-state index is 12.8. The molecule has 4 rings (SSSR count). The Labute approximate surface area is 185 Å². The molecule has 0 radical (unpaired) electrons. The number of hydrogen-bond donors (Lipinski definition) is 1. The van der Waals surface area contributed by atoms with Gasteiger partial charge in [-0.05, 0) is 37.5 Å². The van der Waals surface area contributed by atoms with Gasteiger partial charge in [0.25, 0.3) is 0 Å². The number of carbonyl (C=O) groups is 2. The van der Waals surface area contributed by atoms with Crippen molar-refractivity contribution in [1.82, 2.24) is 10.2 Å². The first kappa shape index (κ1) is 21.6. The van der Waals surface area contributed by atoms with Gasteiger partial charge in [-0.2, -0.15) is 0 Å². The molecule has 0 aromatic heterocycles. The minimum atomic E-state index is -0.413. The van der Waals surface area contributed by atoms with Crippen LogP contribution in [0.15, 0.2) is 18.2 Å². The zero-order valence-electron chi connectivity index (χ0n) is 17.3. The minimum absolute atomic E-state index is 0.0494. The van der Waals surface area contributed by atoms with E-state index in [0.717, 1.165) is 30.8 Å². The number of fused-ring (bicyclic) bond motifs is 1. The average Bonchev–Trinajstić information content (AvgIpc) is 3.38. The summed E-state index contributed by atoms with van der Waals surface area (Å²) in [7, 11) is 1.60. The number of carbonyl (C=O) groups excluding carboxylic acids is 2. The molecule has 0 aliphatic carbocycles. The van der Waals surface area contributed by atoms with Gasteiger partial charge < -0.3 is 24.4 Å². The van der Waals surface area contributed by atoms with Crippen LogP contribution >= 0.6 is 23.5 Å². The van der Waals surface area contributed by atoms with Crippen LogP contribution in [-0.2, 0) is 20.9 Å². The van der Waals surface area contributed by atoms with Crippen LogP contribution in [0.1, 0.15) is 25.3 Å². The lowest BCUT2D eigenvalue weighted by Gasteiger charge is -2.40. The molecule has 1 aromatic rings. The molecule has 3 heterocycles. The second-order valence-corrected chi connectivity index (χ2v) is 10.4. The molecule has 7 nitrogen and oxygen atoms in total. The third-order valence-electron chi connectivity index (χ3n) is 5.68. The van der Waals surface area contributed by atoms with Crippen LogP contribution in [0.4, 0.5) is 0 Å². The first-order valence-corrected chi connectivity index (χ1v) is 12.4. The van der Waals surface area contributed by atoms with Crippen LogP contribution in [0.25, 0.3) is 0 Å². The van der Waals surface area contributed by atoms with E-state index in [1.165, 1.54) is 0 Å². The van der Waals surface area contributed by atoms with E-state index in [9.17, 15) is 9.59 Å². The molecule has 0 saturated carbocycles. The second-order valence-electron chi connectivity index (χ2n) is 7.91. The van der Waals surface area contributed by atoms with E-state index < -0.39 is 6.04 Å². The van der Waals surface area contributed by atoms with Crippen molar-refractivity contribution in [2.75, 3.05) is 37.6 Å². The molecule has 3 fully saturated rings. The van der Waals surface area contributed by atoms with Gasteiger partial charge in [-0.1, -0.05) is 6.07 Å². The Balaban J connectivity index is 1.35. The van der Waals surface area contributed by atoms with E-state index in [0.29, 0.717) is 36.2 Å². The first-order valence-electron chi connectivity index (χ1n) is 10.2. The molecule has 0 unspecified atom stereocenters. The number of hydrogen-bond acceptors (Lipinski definition) is 7. The van der Waals surface area contributed by atoms with Crippen LogP contribution in [-0.4, -0.2) is 71.3 Å². The summed E-state index contributed by atoms with van der Waals surface area (Å²) in [4.78, 5) is 26.8. The zero-order valence-corrected chi connectivity index (χ0v) is 19.0. The van der Waals surface area contributed by atoms with Crippen molar-refractivity contribution < 1.29 is 23.8 Å². The number of benzene rings is 1. The third-order valence-corrected chi connectivity index (χ3v) is 8.53. The number of nitrogens with one attached hydrogen (secondary N) is 1. The van der Waals surface area contributed by atoms with Gasteiger partial charge in [0.05, 0.1) is 23.8 Å². The number of nitrogens with zero attached hydrogens (tertiary/aromatic N) is 1. The van der Waals surface area contributed by atoms with Gasteiger partial charge in [-0.15, -0.1) is 23.5 Å². The molecule has 3 saturated heterocycles. The van der Waals surface area contributed by atoms with E-state index in [2.05, 4.69) is 12.2 Å². The molecular formula is C21H28N2O5S2. The summed E-state index contributed by atoms with van der Waals surface area (Å²) in [5, 5.41) is 2.99. The minimum Gasteiger partial charge on any atom is -0.493 e. The lowest BCUT2D eigenvalue weighted by Crippen LogP contribution is -2.57. The SMILES string of the molecule is COc1cc(CNC(=O)[C@@H]2CS[C@]3(C)CSCC(=O)N23)ccc1OC[C@@H]1CCCO1. The fraction of sp³-hybridized carbons (Fsp3) is 0.619. The fourth-order valence-electron chi connectivity index (χ4n) is 4.08. The molecule has 0 bridgehead atoms. The number of amides is 2. The second kappa shape index (κ2) is 9.28. The van der Waals surface area contributed by atoms with Crippen LogP contribution in [0, 0.1) is 0 Å². The molecule has 0 spiro atoms. The molecule has 164 valence electrons. The number of thioether (sulfide) groups is 2. The summed E-state index contributed by atoms with van der Waals surface area (Å²) in [6.07, 6.45) is 2.23. The standard InChI is InChI=1S/C21H28N2O5S2/c1-21-13-29-12-19(24)23(21)16(11-30-21)20(25)22-9-14-5-6-17(18(8-14)26-2)28-10-15-4-3-7-27-15/h5-6,8,15-16H,3-4,7,9-13H2,1-2H3,(H,22,25)/t15-,16-,21+/m0/s1. The van der Waals surface area contributed by atoms with E-state index in [1.54, 1.807) is 35.5 Å². The van der Waals surface area contributed by atoms with Crippen molar-refractivity contribution in [3.63, 3.8) is 0 Å². The molecule has 9 heteroatoms. The predicted molar refractivity (Wildman–Crippen MR) is 118 cm³/mol. The molecule has 1 N–H and O–H groups in total. The smallest absolute Gasteiger partial charge is 0.243 e. The van der Waals surface area contributed by atoms with Crippen LogP contribution in [0.3, 0.4) is 0 Å². The van der Waals surface area contributed by atoms with Gasteiger partial charge >= 0.3 is 0 Å². The Morgan fingerprint density at radius 1 is 1.40 bits per heavy atom. The largest absolute Gasteiger partial charge is 0.493 e. The van der Waals surface area contributed by atoms with Gasteiger partial charge in [0, 0.05) is 24.7 Å². The van der Waals surface area contributed by atoms with Crippen molar-refractivity contribution in [1.29, 1.82) is 0 Å². The van der Waals surface area contributed by atoms with E-state index in [4.69, 9.17) is 14.2 Å². The molecular weight excluding hydrogens is 424 g/mol. The molecule has 1 aromatic carbocycles. The summed E-state index contributed by atoms with van der Waals surface area (Å²) in [5.41, 5.74) is 0.915. The van der Waals surface area contributed by atoms with Crippen molar-refractivity contribution in [3.05, 3.63) is 23.8 Å². The lowest BCUT2D eigenvalue weighted by atomic mass is 10.1. The summed E-state index contributed by atoms with van der Waals surface area (Å²) in [6.45, 7) is 3.72. The summed E-state index contributed by atoms with van der Waals surface area (Å²) >= 11 is 3.33. The third kappa shape index (κ3) is 4.53. The van der Waals surface area contributed by atoms with Gasteiger partial charge in [0.1, 0.15) is 12.6 Å². The molecule has 3 aliphatic rings. The number of ether oxygens (including phenoxy) is 3. The van der Waals surface area contributed by atoms with E-state index in [-0.39, 0.29) is 22.8 Å². The van der Waals surface area contributed by atoms with E-state index >= 15 is 0 Å². The van der Waals surface area contributed by atoms with Crippen LogP contribution < -0.4 is 14.8 Å². The van der Waals surface area contributed by atoms with Crippen molar-refractivity contribution >= 4 is 35.3 Å². The van der Waals surface area contributed by atoms with Crippen molar-refractivity contribution in [2.24, 2.45) is 0 Å². The zero-order chi connectivity index (χ0) is 21.1. The van der Waals surface area contributed by atoms with Crippen molar-refractivity contribution in [3.8, 4) is 11.5 Å². The number of methoxy groups -OCH3 is 1. The topological polar surface area (TPSA) is 77.1 Å². The highest BCUT2D eigenvalue weighted by Gasteiger charge is 2.51. The summed E-state index contributed by atoms with van der Waals surface area (Å²) < 4.78 is 16.9. The maximum absolute atomic E-state index is 12.8.